The van der Waals surface area contributed by atoms with E-state index < -0.39 is 0 Å². The largest absolute Gasteiger partial charge is 0.327 e. The Kier molecular flexibility index (Phi) is 6.00. The first-order chi connectivity index (χ1) is 10.2. The van der Waals surface area contributed by atoms with Gasteiger partial charge >= 0.3 is 0 Å². The first-order valence-corrected chi connectivity index (χ1v) is 8.02. The van der Waals surface area contributed by atoms with Crippen molar-refractivity contribution in [2.75, 3.05) is 0 Å². The highest BCUT2D eigenvalue weighted by Crippen LogP contribution is 2.12. The Morgan fingerprint density at radius 1 is 1.19 bits per heavy atom. The molecular weight excluding hydrogens is 258 g/mol. The van der Waals surface area contributed by atoms with Gasteiger partial charge < -0.3 is 5.73 Å². The van der Waals surface area contributed by atoms with Gasteiger partial charge in [0.1, 0.15) is 0 Å². The van der Waals surface area contributed by atoms with E-state index in [0.717, 1.165) is 37.8 Å². The summed E-state index contributed by atoms with van der Waals surface area (Å²) in [4.78, 5) is 0. The van der Waals surface area contributed by atoms with Crippen molar-refractivity contribution in [2.24, 2.45) is 5.73 Å². The molecule has 0 aliphatic heterocycles. The van der Waals surface area contributed by atoms with Crippen LogP contribution in [0.3, 0.4) is 0 Å². The normalized spacial score (nSPS) is 14.0. The Hall–Kier alpha value is -1.61. The molecule has 0 aliphatic carbocycles. The molecule has 2 N–H and O–H groups in total. The van der Waals surface area contributed by atoms with Crippen LogP contribution in [0, 0.1) is 0 Å². The first-order valence-electron chi connectivity index (χ1n) is 8.02. The summed E-state index contributed by atoms with van der Waals surface area (Å²) in [6, 6.07) is 13.4. The molecule has 114 valence electrons. The quantitative estimate of drug-likeness (QED) is 0.803. The van der Waals surface area contributed by atoms with Crippen molar-refractivity contribution in [1.29, 1.82) is 0 Å². The number of aryl methyl sites for hydroxylation is 1. The summed E-state index contributed by atoms with van der Waals surface area (Å²) in [6.45, 7) is 4.37. The molecular formula is C18H27N3. The molecule has 0 saturated heterocycles. The van der Waals surface area contributed by atoms with Gasteiger partial charge in [-0.15, -0.1) is 0 Å². The van der Waals surface area contributed by atoms with E-state index in [4.69, 9.17) is 5.73 Å². The Balaban J connectivity index is 1.74. The average molecular weight is 285 g/mol. The van der Waals surface area contributed by atoms with Crippen molar-refractivity contribution in [3.05, 3.63) is 53.9 Å². The Morgan fingerprint density at radius 3 is 2.67 bits per heavy atom. The van der Waals surface area contributed by atoms with Crippen molar-refractivity contribution >= 4 is 0 Å². The molecule has 2 aromatic rings. The lowest BCUT2D eigenvalue weighted by molar-refractivity contribution is 0.469. The van der Waals surface area contributed by atoms with Crippen molar-refractivity contribution in [2.45, 2.75) is 58.0 Å². The van der Waals surface area contributed by atoms with Gasteiger partial charge in [-0.2, -0.15) is 5.10 Å². The predicted octanol–water partition coefficient (Wildman–Crippen LogP) is 3.75. The van der Waals surface area contributed by atoms with E-state index in [9.17, 15) is 0 Å². The zero-order valence-electron chi connectivity index (χ0n) is 13.2. The summed E-state index contributed by atoms with van der Waals surface area (Å²) in [5.74, 6) is 0. The van der Waals surface area contributed by atoms with Gasteiger partial charge in [-0.1, -0.05) is 37.3 Å². The first kappa shape index (κ1) is 15.8. The van der Waals surface area contributed by atoms with Crippen molar-refractivity contribution < 1.29 is 0 Å². The maximum absolute atomic E-state index is 6.24. The Labute approximate surface area is 128 Å². The molecule has 1 heterocycles. The third-order valence-electron chi connectivity index (χ3n) is 4.06. The lowest BCUT2D eigenvalue weighted by Crippen LogP contribution is -2.23. The molecule has 0 spiro atoms. The van der Waals surface area contributed by atoms with Crippen LogP contribution in [0.2, 0.25) is 0 Å². The van der Waals surface area contributed by atoms with Crippen LogP contribution in [0.25, 0.3) is 0 Å². The lowest BCUT2D eigenvalue weighted by atomic mass is 10.0. The number of hydrogen-bond acceptors (Lipinski definition) is 2. The smallest absolute Gasteiger partial charge is 0.0640 e. The SMILES string of the molecule is CCC(C)n1ccc(CC(N)CCCc2ccccc2)n1. The summed E-state index contributed by atoms with van der Waals surface area (Å²) in [5, 5.41) is 4.62. The van der Waals surface area contributed by atoms with Gasteiger partial charge in [-0.25, -0.2) is 0 Å². The van der Waals surface area contributed by atoms with Crippen LogP contribution in [-0.2, 0) is 12.8 Å². The van der Waals surface area contributed by atoms with Gasteiger partial charge in [0.25, 0.3) is 0 Å². The van der Waals surface area contributed by atoms with E-state index >= 15 is 0 Å². The summed E-state index contributed by atoms with van der Waals surface area (Å²) in [7, 11) is 0. The number of nitrogens with zero attached hydrogens (tertiary/aromatic N) is 2. The number of hydrogen-bond donors (Lipinski definition) is 1. The molecule has 0 aliphatic rings. The molecule has 3 nitrogen and oxygen atoms in total. The predicted molar refractivity (Wildman–Crippen MR) is 88.3 cm³/mol. The molecule has 0 radical (unpaired) electrons. The monoisotopic (exact) mass is 285 g/mol. The molecule has 3 heteroatoms. The molecule has 0 amide bonds. The highest BCUT2D eigenvalue weighted by atomic mass is 15.3. The van der Waals surface area contributed by atoms with Gasteiger partial charge in [0.15, 0.2) is 0 Å². The average Bonchev–Trinajstić information content (AvgIpc) is 2.96. The molecule has 1 aromatic carbocycles. The van der Waals surface area contributed by atoms with Crippen LogP contribution >= 0.6 is 0 Å². The summed E-state index contributed by atoms with van der Waals surface area (Å²) >= 11 is 0. The minimum absolute atomic E-state index is 0.203. The van der Waals surface area contributed by atoms with E-state index in [-0.39, 0.29) is 6.04 Å². The fourth-order valence-electron chi connectivity index (χ4n) is 2.50. The Bertz CT molecular complexity index is 518. The zero-order valence-corrected chi connectivity index (χ0v) is 13.2. The molecule has 2 rings (SSSR count). The zero-order chi connectivity index (χ0) is 15.1. The molecule has 0 saturated carbocycles. The minimum Gasteiger partial charge on any atom is -0.327 e. The van der Waals surface area contributed by atoms with Gasteiger partial charge in [-0.05, 0) is 44.2 Å². The maximum atomic E-state index is 6.24. The Morgan fingerprint density at radius 2 is 1.95 bits per heavy atom. The number of aromatic nitrogens is 2. The number of nitrogens with two attached hydrogens (primary N) is 1. The van der Waals surface area contributed by atoms with E-state index in [1.165, 1.54) is 5.56 Å². The number of benzene rings is 1. The van der Waals surface area contributed by atoms with Crippen LogP contribution in [0.1, 0.15) is 50.4 Å². The van der Waals surface area contributed by atoms with Gasteiger partial charge in [0.05, 0.1) is 5.69 Å². The third kappa shape index (κ3) is 5.01. The molecule has 2 unspecified atom stereocenters. The molecule has 2 atom stereocenters. The van der Waals surface area contributed by atoms with Crippen LogP contribution in [-0.4, -0.2) is 15.8 Å². The molecule has 0 fully saturated rings. The van der Waals surface area contributed by atoms with Crippen LogP contribution < -0.4 is 5.73 Å². The van der Waals surface area contributed by atoms with E-state index in [2.05, 4.69) is 61.5 Å². The second-order valence-corrected chi connectivity index (χ2v) is 5.89. The third-order valence-corrected chi connectivity index (χ3v) is 4.06. The minimum atomic E-state index is 0.203. The second-order valence-electron chi connectivity index (χ2n) is 5.89. The fourth-order valence-corrected chi connectivity index (χ4v) is 2.50. The summed E-state index contributed by atoms with van der Waals surface area (Å²) in [5.41, 5.74) is 8.75. The molecule has 0 bridgehead atoms. The van der Waals surface area contributed by atoms with Crippen LogP contribution in [0.15, 0.2) is 42.6 Å². The van der Waals surface area contributed by atoms with E-state index in [0.29, 0.717) is 6.04 Å². The van der Waals surface area contributed by atoms with Crippen molar-refractivity contribution in [3.63, 3.8) is 0 Å². The van der Waals surface area contributed by atoms with Crippen LogP contribution in [0.5, 0.6) is 0 Å². The number of rotatable bonds is 8. The highest BCUT2D eigenvalue weighted by Gasteiger charge is 2.09. The van der Waals surface area contributed by atoms with Crippen molar-refractivity contribution in [3.8, 4) is 0 Å². The highest BCUT2D eigenvalue weighted by molar-refractivity contribution is 5.14. The topological polar surface area (TPSA) is 43.8 Å². The standard InChI is InChI=1S/C18H27N3/c1-3-15(2)21-13-12-18(20-21)14-17(19)11-7-10-16-8-5-4-6-9-16/h4-6,8-9,12-13,15,17H,3,7,10-11,14,19H2,1-2H3. The second kappa shape index (κ2) is 7.99. The molecule has 21 heavy (non-hydrogen) atoms. The van der Waals surface area contributed by atoms with Crippen LogP contribution in [0.4, 0.5) is 0 Å². The van der Waals surface area contributed by atoms with E-state index in [1.54, 1.807) is 0 Å². The lowest BCUT2D eigenvalue weighted by Gasteiger charge is -2.11. The molecule has 1 aromatic heterocycles. The van der Waals surface area contributed by atoms with Gasteiger partial charge in [-0.3, -0.25) is 4.68 Å². The van der Waals surface area contributed by atoms with Gasteiger partial charge in [0, 0.05) is 24.7 Å². The van der Waals surface area contributed by atoms with Gasteiger partial charge in [0.2, 0.25) is 0 Å². The van der Waals surface area contributed by atoms with E-state index in [1.807, 2.05) is 4.68 Å². The van der Waals surface area contributed by atoms with Crippen molar-refractivity contribution in [1.82, 2.24) is 9.78 Å². The summed E-state index contributed by atoms with van der Waals surface area (Å²) in [6.07, 6.45) is 7.33. The summed E-state index contributed by atoms with van der Waals surface area (Å²) < 4.78 is 2.05. The maximum Gasteiger partial charge on any atom is 0.0640 e. The fraction of sp³-hybridized carbons (Fsp3) is 0.500.